The number of benzene rings is 3. The zero-order valence-corrected chi connectivity index (χ0v) is 19.4. The first-order valence-electron chi connectivity index (χ1n) is 10.4. The normalized spacial score (nSPS) is 6.86. The van der Waals surface area contributed by atoms with E-state index < -0.39 is 0 Å². The Hall–Kier alpha value is -2.38. The van der Waals surface area contributed by atoms with Crippen LogP contribution in [0, 0.1) is 0 Å². The van der Waals surface area contributed by atoms with Crippen LogP contribution >= 0.6 is 0 Å². The van der Waals surface area contributed by atoms with E-state index in [4.69, 9.17) is 0 Å². The van der Waals surface area contributed by atoms with Gasteiger partial charge in [-0.05, 0) is 7.05 Å². The van der Waals surface area contributed by atoms with Crippen molar-refractivity contribution < 1.29 is 0 Å². The van der Waals surface area contributed by atoms with Crippen molar-refractivity contribution >= 4 is 0 Å². The molecule has 0 saturated carbocycles. The van der Waals surface area contributed by atoms with Crippen LogP contribution < -0.4 is 5.73 Å². The van der Waals surface area contributed by atoms with E-state index in [1.807, 2.05) is 123 Å². The lowest BCUT2D eigenvalue weighted by molar-refractivity contribution is 1.09. The summed E-state index contributed by atoms with van der Waals surface area (Å²) in [5.41, 5.74) is 4.50. The topological polar surface area (TPSA) is 26.0 Å². The molecule has 0 unspecified atom stereocenters. The summed E-state index contributed by atoms with van der Waals surface area (Å²) >= 11 is 0. The largest absolute Gasteiger partial charge is 0.333 e. The second kappa shape index (κ2) is 44.2. The Morgan fingerprint density at radius 3 is 0.393 bits per heavy atom. The van der Waals surface area contributed by atoms with Crippen molar-refractivity contribution in [1.29, 1.82) is 0 Å². The van der Waals surface area contributed by atoms with Crippen molar-refractivity contribution in [1.82, 2.24) is 0 Å². The molecule has 1 nitrogen and oxygen atoms in total. The first-order valence-corrected chi connectivity index (χ1v) is 10.4. The smallest absolute Gasteiger partial charge is 0.0195 e. The maximum absolute atomic E-state index is 4.50. The Labute approximate surface area is 176 Å². The van der Waals surface area contributed by atoms with Crippen LogP contribution in [0.3, 0.4) is 0 Å². The molecule has 1 heteroatoms. The lowest BCUT2D eigenvalue weighted by Crippen LogP contribution is -1.69. The maximum Gasteiger partial charge on any atom is -0.0195 e. The van der Waals surface area contributed by atoms with Crippen LogP contribution in [0.5, 0.6) is 0 Å². The van der Waals surface area contributed by atoms with Crippen LogP contribution in [0.4, 0.5) is 0 Å². The predicted octanol–water partition coefficient (Wildman–Crippen LogP) is 8.49. The molecule has 0 saturated heterocycles. The van der Waals surface area contributed by atoms with Gasteiger partial charge in [-0.15, -0.1) is 0 Å². The molecule has 3 rings (SSSR count). The molecule has 0 amide bonds. The Balaban J connectivity index is -0.000000127. The molecule has 0 aliphatic heterocycles. The Morgan fingerprint density at radius 2 is 0.357 bits per heavy atom. The summed E-state index contributed by atoms with van der Waals surface area (Å²) in [6.07, 6.45) is 2.50. The van der Waals surface area contributed by atoms with Gasteiger partial charge in [0, 0.05) is 0 Å². The third-order valence-corrected chi connectivity index (χ3v) is 2.00. The third kappa shape index (κ3) is 49.5. The van der Waals surface area contributed by atoms with E-state index in [1.54, 1.807) is 0 Å². The molecule has 0 aliphatic rings. The quantitative estimate of drug-likeness (QED) is 0.413. The Bertz CT molecular complexity index is 323. The summed E-state index contributed by atoms with van der Waals surface area (Å²) in [7, 11) is 1.50. The van der Waals surface area contributed by atoms with Crippen molar-refractivity contribution in [2.75, 3.05) is 7.05 Å². The highest BCUT2D eigenvalue weighted by Crippen LogP contribution is 1.81. The van der Waals surface area contributed by atoms with E-state index in [0.717, 1.165) is 0 Å². The molecular formula is C27H45N. The highest BCUT2D eigenvalue weighted by Gasteiger charge is 1.59. The number of rotatable bonds is 0. The molecule has 3 aromatic carbocycles. The summed E-state index contributed by atoms with van der Waals surface area (Å²) in [6, 6.07) is 36.0. The van der Waals surface area contributed by atoms with Gasteiger partial charge < -0.3 is 5.73 Å². The standard InChI is InChI=1S/3C6H6.2C3H8.C2H6.CH5N/c3*1-2-4-6-5-3-1;2*1-3-2;2*1-2/h3*1-6H;2*3H2,1-2H3;1-2H3;2H2,1H3. The number of hydrogen-bond acceptors (Lipinski definition) is 1. The van der Waals surface area contributed by atoms with Crippen LogP contribution in [0.25, 0.3) is 0 Å². The maximum atomic E-state index is 4.50. The van der Waals surface area contributed by atoms with Crippen LogP contribution in [0.15, 0.2) is 109 Å². The first kappa shape index (κ1) is 33.2. The summed E-state index contributed by atoms with van der Waals surface area (Å²) in [5.74, 6) is 0. The molecule has 0 aromatic heterocycles. The molecule has 0 aliphatic carbocycles. The van der Waals surface area contributed by atoms with Crippen LogP contribution in [-0.2, 0) is 0 Å². The monoisotopic (exact) mass is 383 g/mol. The van der Waals surface area contributed by atoms with Crippen LogP contribution in [-0.4, -0.2) is 7.05 Å². The number of hydrogen-bond donors (Lipinski definition) is 1. The van der Waals surface area contributed by atoms with Gasteiger partial charge in [-0.25, -0.2) is 0 Å². The Morgan fingerprint density at radius 1 is 0.321 bits per heavy atom. The van der Waals surface area contributed by atoms with E-state index in [-0.39, 0.29) is 0 Å². The molecule has 2 N–H and O–H groups in total. The number of nitrogens with two attached hydrogens (primary N) is 1. The van der Waals surface area contributed by atoms with E-state index >= 15 is 0 Å². The van der Waals surface area contributed by atoms with Gasteiger partial charge in [0.15, 0.2) is 0 Å². The van der Waals surface area contributed by atoms with Crippen LogP contribution in [0.1, 0.15) is 54.4 Å². The van der Waals surface area contributed by atoms with E-state index in [1.165, 1.54) is 19.9 Å². The van der Waals surface area contributed by atoms with Gasteiger partial charge in [-0.3, -0.25) is 0 Å². The van der Waals surface area contributed by atoms with Crippen molar-refractivity contribution in [3.63, 3.8) is 0 Å². The second-order valence-corrected chi connectivity index (χ2v) is 4.88. The first-order chi connectivity index (χ1) is 13.8. The molecule has 3 aromatic rings. The average Bonchev–Trinajstić information content (AvgIpc) is 2.82. The van der Waals surface area contributed by atoms with E-state index in [0.29, 0.717) is 0 Å². The second-order valence-electron chi connectivity index (χ2n) is 4.88. The summed E-state index contributed by atoms with van der Waals surface area (Å²) < 4.78 is 0. The van der Waals surface area contributed by atoms with Crippen molar-refractivity contribution in [2.45, 2.75) is 54.4 Å². The SMILES string of the molecule is CC.CCC.CCC.CN.c1ccccc1.c1ccccc1.c1ccccc1. The minimum atomic E-state index is 1.25. The minimum absolute atomic E-state index is 1.25. The van der Waals surface area contributed by atoms with E-state index in [2.05, 4.69) is 33.4 Å². The van der Waals surface area contributed by atoms with Gasteiger partial charge in [0.05, 0.1) is 0 Å². The fraction of sp³-hybridized carbons (Fsp3) is 0.333. The summed E-state index contributed by atoms with van der Waals surface area (Å²) in [4.78, 5) is 0. The molecule has 0 atom stereocenters. The van der Waals surface area contributed by atoms with Gasteiger partial charge in [0.2, 0.25) is 0 Å². The predicted molar refractivity (Wildman–Crippen MR) is 133 cm³/mol. The molecule has 158 valence electrons. The fourth-order valence-corrected chi connectivity index (χ4v) is 1.15. The van der Waals surface area contributed by atoms with Gasteiger partial charge in [0.25, 0.3) is 0 Å². The Kier molecular flexibility index (Phi) is 52.5. The minimum Gasteiger partial charge on any atom is -0.333 e. The summed E-state index contributed by atoms with van der Waals surface area (Å²) in [5, 5.41) is 0. The molecule has 28 heavy (non-hydrogen) atoms. The van der Waals surface area contributed by atoms with E-state index in [9.17, 15) is 0 Å². The molecule has 0 bridgehead atoms. The van der Waals surface area contributed by atoms with Crippen molar-refractivity contribution in [2.24, 2.45) is 5.73 Å². The van der Waals surface area contributed by atoms with Crippen LogP contribution in [0.2, 0.25) is 0 Å². The molecule has 0 fully saturated rings. The zero-order chi connectivity index (χ0) is 22.1. The average molecular weight is 384 g/mol. The van der Waals surface area contributed by atoms with Gasteiger partial charge in [0.1, 0.15) is 0 Å². The highest BCUT2D eigenvalue weighted by molar-refractivity contribution is 5.00. The lowest BCUT2D eigenvalue weighted by atomic mass is 10.4. The van der Waals surface area contributed by atoms with Gasteiger partial charge in [-0.1, -0.05) is 164 Å². The molecule has 0 radical (unpaired) electrons. The fourth-order valence-electron chi connectivity index (χ4n) is 1.15. The van der Waals surface area contributed by atoms with Gasteiger partial charge in [-0.2, -0.15) is 0 Å². The van der Waals surface area contributed by atoms with Gasteiger partial charge >= 0.3 is 0 Å². The third-order valence-electron chi connectivity index (χ3n) is 2.00. The molecular weight excluding hydrogens is 338 g/mol. The summed E-state index contributed by atoms with van der Waals surface area (Å²) in [6.45, 7) is 12.5. The van der Waals surface area contributed by atoms with Crippen molar-refractivity contribution in [3.8, 4) is 0 Å². The van der Waals surface area contributed by atoms with Crippen molar-refractivity contribution in [3.05, 3.63) is 109 Å². The zero-order valence-electron chi connectivity index (χ0n) is 19.4. The molecule has 0 spiro atoms. The highest BCUT2D eigenvalue weighted by atomic mass is 14.4. The lowest BCUT2D eigenvalue weighted by Gasteiger charge is -1.69. The molecule has 0 heterocycles.